The van der Waals surface area contributed by atoms with Gasteiger partial charge >= 0.3 is 0 Å². The van der Waals surface area contributed by atoms with E-state index in [2.05, 4.69) is 0 Å². The average molecular weight is 348 g/mol. The van der Waals surface area contributed by atoms with Gasteiger partial charge in [0.05, 0.1) is 18.6 Å². The van der Waals surface area contributed by atoms with Gasteiger partial charge in [-0.1, -0.05) is 36.8 Å². The molecule has 0 spiro atoms. The van der Waals surface area contributed by atoms with Crippen LogP contribution in [-0.4, -0.2) is 22.1 Å². The molecule has 0 radical (unpaired) electrons. The highest BCUT2D eigenvalue weighted by atomic mass is 32.2. The van der Waals surface area contributed by atoms with E-state index in [0.717, 1.165) is 22.4 Å². The van der Waals surface area contributed by atoms with Crippen molar-refractivity contribution < 1.29 is 17.3 Å². The molecule has 5 heteroatoms. The number of aryl methyl sites for hydroxylation is 2. The molecular formula is C19H24O4S. The largest absolute Gasteiger partial charge is 0.496 e. The summed E-state index contributed by atoms with van der Waals surface area (Å²) in [6, 6.07) is 12.7. The quantitative estimate of drug-likeness (QED) is 0.703. The van der Waals surface area contributed by atoms with Gasteiger partial charge in [0.15, 0.2) is 0 Å². The molecule has 2 aromatic rings. The SMILES string of the molecule is COc1cc(C)ccc1[C@@H](C)CCOS(=O)(=O)c1ccc(C)cc1. The Hall–Kier alpha value is -1.85. The van der Waals surface area contributed by atoms with Crippen LogP contribution in [0.5, 0.6) is 5.75 Å². The van der Waals surface area contributed by atoms with Crippen LogP contribution in [0.1, 0.15) is 36.0 Å². The van der Waals surface area contributed by atoms with Crippen molar-refractivity contribution in [3.05, 3.63) is 59.2 Å². The Labute approximate surface area is 144 Å². The summed E-state index contributed by atoms with van der Waals surface area (Å²) >= 11 is 0. The Morgan fingerprint density at radius 2 is 1.62 bits per heavy atom. The highest BCUT2D eigenvalue weighted by Crippen LogP contribution is 2.30. The molecule has 0 bridgehead atoms. The Morgan fingerprint density at radius 3 is 2.25 bits per heavy atom. The lowest BCUT2D eigenvalue weighted by atomic mass is 9.96. The van der Waals surface area contributed by atoms with E-state index < -0.39 is 10.1 Å². The van der Waals surface area contributed by atoms with Gasteiger partial charge in [-0.25, -0.2) is 0 Å². The third-order valence-corrected chi connectivity index (χ3v) is 5.35. The molecule has 0 aromatic heterocycles. The summed E-state index contributed by atoms with van der Waals surface area (Å²) in [7, 11) is -2.07. The molecule has 4 nitrogen and oxygen atoms in total. The predicted octanol–water partition coefficient (Wildman–Crippen LogP) is 4.21. The van der Waals surface area contributed by atoms with Gasteiger partial charge in [-0.3, -0.25) is 4.18 Å². The summed E-state index contributed by atoms with van der Waals surface area (Å²) in [6.07, 6.45) is 0.588. The van der Waals surface area contributed by atoms with Crippen LogP contribution in [0.3, 0.4) is 0 Å². The van der Waals surface area contributed by atoms with Crippen LogP contribution in [0.25, 0.3) is 0 Å². The molecular weight excluding hydrogens is 324 g/mol. The van der Waals surface area contributed by atoms with E-state index in [4.69, 9.17) is 8.92 Å². The van der Waals surface area contributed by atoms with E-state index in [1.165, 1.54) is 0 Å². The van der Waals surface area contributed by atoms with Crippen LogP contribution in [0.15, 0.2) is 47.4 Å². The van der Waals surface area contributed by atoms with Gasteiger partial charge in [0.1, 0.15) is 5.75 Å². The lowest BCUT2D eigenvalue weighted by Gasteiger charge is -2.16. The van der Waals surface area contributed by atoms with Crippen LogP contribution in [-0.2, 0) is 14.3 Å². The fourth-order valence-electron chi connectivity index (χ4n) is 2.49. The average Bonchev–Trinajstić information content (AvgIpc) is 2.54. The van der Waals surface area contributed by atoms with Gasteiger partial charge in [-0.05, 0) is 55.5 Å². The second-order valence-electron chi connectivity index (χ2n) is 6.02. The number of hydrogen-bond donors (Lipinski definition) is 0. The van der Waals surface area contributed by atoms with E-state index in [1.54, 1.807) is 31.4 Å². The molecule has 2 aromatic carbocycles. The summed E-state index contributed by atoms with van der Waals surface area (Å²) in [4.78, 5) is 0.189. The summed E-state index contributed by atoms with van der Waals surface area (Å²) < 4.78 is 35.0. The molecule has 0 amide bonds. The molecule has 0 saturated carbocycles. The molecule has 2 rings (SSSR count). The number of hydrogen-bond acceptors (Lipinski definition) is 4. The first-order chi connectivity index (χ1) is 11.3. The number of ether oxygens (including phenoxy) is 1. The molecule has 130 valence electrons. The summed E-state index contributed by atoms with van der Waals surface area (Å²) in [5.41, 5.74) is 3.19. The molecule has 0 aliphatic carbocycles. The van der Waals surface area contributed by atoms with E-state index in [0.29, 0.717) is 6.42 Å². The van der Waals surface area contributed by atoms with Gasteiger partial charge in [0, 0.05) is 0 Å². The standard InChI is InChI=1S/C19H24O4S/c1-14-5-8-17(9-6-14)24(20,21)23-12-11-16(3)18-10-7-15(2)13-19(18)22-4/h5-10,13,16H,11-12H2,1-4H3/t16-/m0/s1. The maximum absolute atomic E-state index is 12.2. The van der Waals surface area contributed by atoms with Crippen LogP contribution in [0.2, 0.25) is 0 Å². The fraction of sp³-hybridized carbons (Fsp3) is 0.368. The molecule has 0 fully saturated rings. The molecule has 1 atom stereocenters. The maximum atomic E-state index is 12.2. The monoisotopic (exact) mass is 348 g/mol. The van der Waals surface area contributed by atoms with Gasteiger partial charge in [-0.2, -0.15) is 8.42 Å². The van der Waals surface area contributed by atoms with Crippen molar-refractivity contribution in [1.29, 1.82) is 0 Å². The highest BCUT2D eigenvalue weighted by Gasteiger charge is 2.17. The van der Waals surface area contributed by atoms with Crippen LogP contribution in [0.4, 0.5) is 0 Å². The summed E-state index contributed by atoms with van der Waals surface area (Å²) in [6.45, 7) is 6.09. The molecule has 0 aliphatic rings. The van der Waals surface area contributed by atoms with E-state index in [1.807, 2.05) is 39.0 Å². The van der Waals surface area contributed by atoms with Crippen molar-refractivity contribution in [2.75, 3.05) is 13.7 Å². The topological polar surface area (TPSA) is 52.6 Å². The normalized spacial score (nSPS) is 12.8. The van der Waals surface area contributed by atoms with Crippen LogP contribution < -0.4 is 4.74 Å². The van der Waals surface area contributed by atoms with Gasteiger partial charge in [-0.15, -0.1) is 0 Å². The number of methoxy groups -OCH3 is 1. The molecule has 0 aliphatic heterocycles. The first-order valence-electron chi connectivity index (χ1n) is 7.94. The Kier molecular flexibility index (Phi) is 6.02. The minimum Gasteiger partial charge on any atom is -0.496 e. The summed E-state index contributed by atoms with van der Waals surface area (Å²) in [5.74, 6) is 0.956. The zero-order chi connectivity index (χ0) is 17.7. The third-order valence-electron chi connectivity index (χ3n) is 4.02. The number of rotatable bonds is 7. The van der Waals surface area contributed by atoms with Gasteiger partial charge in [0.25, 0.3) is 10.1 Å². The Balaban J connectivity index is 1.99. The Morgan fingerprint density at radius 1 is 1.00 bits per heavy atom. The zero-order valence-electron chi connectivity index (χ0n) is 14.6. The van der Waals surface area contributed by atoms with Crippen LogP contribution in [0, 0.1) is 13.8 Å². The van der Waals surface area contributed by atoms with E-state index in [-0.39, 0.29) is 17.4 Å². The first-order valence-corrected chi connectivity index (χ1v) is 9.35. The minimum atomic E-state index is -3.71. The second kappa shape index (κ2) is 7.81. The second-order valence-corrected chi connectivity index (χ2v) is 7.64. The molecule has 0 saturated heterocycles. The highest BCUT2D eigenvalue weighted by molar-refractivity contribution is 7.86. The van der Waals surface area contributed by atoms with E-state index >= 15 is 0 Å². The fourth-order valence-corrected chi connectivity index (χ4v) is 3.41. The zero-order valence-corrected chi connectivity index (χ0v) is 15.4. The van der Waals surface area contributed by atoms with Crippen molar-refractivity contribution in [2.45, 2.75) is 38.0 Å². The number of benzene rings is 2. The first kappa shape index (κ1) is 18.5. The Bertz CT molecular complexity index is 780. The van der Waals surface area contributed by atoms with Crippen molar-refractivity contribution in [1.82, 2.24) is 0 Å². The lowest BCUT2D eigenvalue weighted by molar-refractivity contribution is 0.301. The van der Waals surface area contributed by atoms with Crippen molar-refractivity contribution in [2.24, 2.45) is 0 Å². The van der Waals surface area contributed by atoms with Crippen molar-refractivity contribution in [3.63, 3.8) is 0 Å². The van der Waals surface area contributed by atoms with E-state index in [9.17, 15) is 8.42 Å². The maximum Gasteiger partial charge on any atom is 0.296 e. The molecule has 24 heavy (non-hydrogen) atoms. The van der Waals surface area contributed by atoms with Gasteiger partial charge < -0.3 is 4.74 Å². The molecule has 0 N–H and O–H groups in total. The lowest BCUT2D eigenvalue weighted by Crippen LogP contribution is -2.10. The molecule has 0 unspecified atom stereocenters. The molecule has 0 heterocycles. The summed E-state index contributed by atoms with van der Waals surface area (Å²) in [5, 5.41) is 0. The third kappa shape index (κ3) is 4.58. The van der Waals surface area contributed by atoms with Crippen molar-refractivity contribution >= 4 is 10.1 Å². The minimum absolute atomic E-state index is 0.133. The van der Waals surface area contributed by atoms with Gasteiger partial charge in [0.2, 0.25) is 0 Å². The van der Waals surface area contributed by atoms with Crippen LogP contribution >= 0.6 is 0 Å². The predicted molar refractivity (Wildman–Crippen MR) is 95.1 cm³/mol. The van der Waals surface area contributed by atoms with Crippen molar-refractivity contribution in [3.8, 4) is 5.75 Å². The smallest absolute Gasteiger partial charge is 0.296 e.